The van der Waals surface area contributed by atoms with Crippen molar-refractivity contribution in [2.45, 2.75) is 35.7 Å². The number of hydrogen-bond donors (Lipinski definition) is 0. The summed E-state index contributed by atoms with van der Waals surface area (Å²) in [6.07, 6.45) is 4.46. The fraction of sp³-hybridized carbons (Fsp3) is 0.471. The highest BCUT2D eigenvalue weighted by Gasteiger charge is 2.37. The number of likely N-dealkylation sites (tertiary alicyclic amines) is 1. The van der Waals surface area contributed by atoms with Crippen LogP contribution in [0.4, 0.5) is 0 Å². The number of ether oxygens (including phenoxy) is 1. The minimum atomic E-state index is -0.0699. The van der Waals surface area contributed by atoms with Gasteiger partial charge in [-0.15, -0.1) is 10.2 Å². The van der Waals surface area contributed by atoms with Crippen LogP contribution in [0.1, 0.15) is 19.3 Å². The number of amides is 1. The molecule has 0 N–H and O–H groups in total. The van der Waals surface area contributed by atoms with E-state index in [9.17, 15) is 4.79 Å². The van der Waals surface area contributed by atoms with Crippen molar-refractivity contribution in [2.24, 2.45) is 0 Å². The van der Waals surface area contributed by atoms with E-state index >= 15 is 0 Å². The SMILES string of the molecule is O=C1[C@@H](Sc2nncn2-c2ccccc2)CCN1C1CCOCC1. The Morgan fingerprint density at radius 3 is 2.71 bits per heavy atom. The first-order chi connectivity index (χ1) is 11.8. The van der Waals surface area contributed by atoms with Gasteiger partial charge in [-0.25, -0.2) is 0 Å². The van der Waals surface area contributed by atoms with Crippen LogP contribution in [0.5, 0.6) is 0 Å². The van der Waals surface area contributed by atoms with Crippen molar-refractivity contribution in [2.75, 3.05) is 19.8 Å². The molecule has 4 rings (SSSR count). The molecule has 0 unspecified atom stereocenters. The van der Waals surface area contributed by atoms with Crippen molar-refractivity contribution >= 4 is 17.7 Å². The van der Waals surface area contributed by atoms with Crippen LogP contribution in [-0.4, -0.2) is 56.6 Å². The molecule has 2 aliphatic rings. The van der Waals surface area contributed by atoms with E-state index in [1.807, 2.05) is 39.8 Å². The van der Waals surface area contributed by atoms with E-state index in [0.717, 1.165) is 49.9 Å². The number of carbonyl (C=O) groups excluding carboxylic acids is 1. The van der Waals surface area contributed by atoms with Gasteiger partial charge in [-0.2, -0.15) is 0 Å². The van der Waals surface area contributed by atoms with Gasteiger partial charge in [0.05, 0.1) is 5.25 Å². The molecule has 7 heteroatoms. The predicted molar refractivity (Wildman–Crippen MR) is 91.2 cm³/mol. The van der Waals surface area contributed by atoms with Gasteiger partial charge < -0.3 is 9.64 Å². The van der Waals surface area contributed by atoms with E-state index in [4.69, 9.17) is 4.74 Å². The molecule has 24 heavy (non-hydrogen) atoms. The molecule has 3 heterocycles. The van der Waals surface area contributed by atoms with Crippen molar-refractivity contribution in [1.82, 2.24) is 19.7 Å². The lowest BCUT2D eigenvalue weighted by atomic mass is 10.1. The van der Waals surface area contributed by atoms with Crippen LogP contribution in [0.25, 0.3) is 5.69 Å². The monoisotopic (exact) mass is 344 g/mol. The molecule has 1 atom stereocenters. The molecule has 2 aromatic rings. The average Bonchev–Trinajstić information content (AvgIpc) is 3.24. The Labute approximate surface area is 145 Å². The molecule has 126 valence electrons. The topological polar surface area (TPSA) is 60.2 Å². The summed E-state index contributed by atoms with van der Waals surface area (Å²) in [5.74, 6) is 0.231. The Balaban J connectivity index is 1.47. The van der Waals surface area contributed by atoms with E-state index in [0.29, 0.717) is 6.04 Å². The van der Waals surface area contributed by atoms with E-state index in [1.165, 1.54) is 11.8 Å². The molecule has 1 amide bonds. The molecular weight excluding hydrogens is 324 g/mol. The van der Waals surface area contributed by atoms with Gasteiger partial charge in [0, 0.05) is 31.5 Å². The molecule has 0 radical (unpaired) electrons. The van der Waals surface area contributed by atoms with Gasteiger partial charge in [-0.05, 0) is 31.4 Å². The third-order valence-electron chi connectivity index (χ3n) is 4.62. The van der Waals surface area contributed by atoms with Gasteiger partial charge in [-0.3, -0.25) is 9.36 Å². The van der Waals surface area contributed by atoms with Gasteiger partial charge >= 0.3 is 0 Å². The van der Waals surface area contributed by atoms with Crippen LogP contribution in [0.2, 0.25) is 0 Å². The lowest BCUT2D eigenvalue weighted by Crippen LogP contribution is -2.41. The Kier molecular flexibility index (Phi) is 4.53. The molecule has 6 nitrogen and oxygen atoms in total. The second-order valence-electron chi connectivity index (χ2n) is 6.09. The summed E-state index contributed by atoms with van der Waals surface area (Å²) in [5, 5.41) is 8.94. The molecule has 0 saturated carbocycles. The average molecular weight is 344 g/mol. The maximum absolute atomic E-state index is 12.8. The van der Waals surface area contributed by atoms with Gasteiger partial charge in [0.2, 0.25) is 5.91 Å². The lowest BCUT2D eigenvalue weighted by Gasteiger charge is -2.31. The molecular formula is C17H20N4O2S. The standard InChI is InChI=1S/C17H20N4O2S/c22-16-15(6-9-20(16)14-7-10-23-11-8-14)24-17-19-18-12-21(17)13-4-2-1-3-5-13/h1-5,12,14-15H,6-11H2/t15-/m0/s1. The van der Waals surface area contributed by atoms with E-state index in [-0.39, 0.29) is 11.2 Å². The number of rotatable bonds is 4. The first-order valence-corrected chi connectivity index (χ1v) is 9.21. The number of thioether (sulfide) groups is 1. The van der Waals surface area contributed by atoms with Gasteiger partial charge in [-0.1, -0.05) is 30.0 Å². The fourth-order valence-electron chi connectivity index (χ4n) is 3.34. The summed E-state index contributed by atoms with van der Waals surface area (Å²) in [6, 6.07) is 10.3. The lowest BCUT2D eigenvalue weighted by molar-refractivity contribution is -0.130. The smallest absolute Gasteiger partial charge is 0.236 e. The third-order valence-corrected chi connectivity index (χ3v) is 5.83. The largest absolute Gasteiger partial charge is 0.381 e. The molecule has 1 aromatic carbocycles. The van der Waals surface area contributed by atoms with Crippen LogP contribution in [0.3, 0.4) is 0 Å². The third kappa shape index (κ3) is 3.06. The predicted octanol–water partition coefficient (Wildman–Crippen LogP) is 2.14. The Morgan fingerprint density at radius 1 is 1.12 bits per heavy atom. The zero-order valence-corrected chi connectivity index (χ0v) is 14.2. The highest BCUT2D eigenvalue weighted by Crippen LogP contribution is 2.32. The number of para-hydroxylation sites is 1. The number of benzene rings is 1. The van der Waals surface area contributed by atoms with Crippen LogP contribution in [-0.2, 0) is 9.53 Å². The second kappa shape index (κ2) is 6.94. The first-order valence-electron chi connectivity index (χ1n) is 8.33. The van der Waals surface area contributed by atoms with Crippen LogP contribution in [0.15, 0.2) is 41.8 Å². The Hall–Kier alpha value is -1.86. The van der Waals surface area contributed by atoms with Crippen molar-refractivity contribution in [3.8, 4) is 5.69 Å². The van der Waals surface area contributed by atoms with Gasteiger partial charge in [0.1, 0.15) is 6.33 Å². The van der Waals surface area contributed by atoms with E-state index in [1.54, 1.807) is 6.33 Å². The minimum Gasteiger partial charge on any atom is -0.381 e. The number of carbonyl (C=O) groups is 1. The highest BCUT2D eigenvalue weighted by molar-refractivity contribution is 8.00. The Bertz CT molecular complexity index is 700. The maximum atomic E-state index is 12.8. The van der Waals surface area contributed by atoms with E-state index in [2.05, 4.69) is 10.2 Å². The molecule has 2 saturated heterocycles. The van der Waals surface area contributed by atoms with Gasteiger partial charge in [0.25, 0.3) is 0 Å². The molecule has 2 aliphatic heterocycles. The van der Waals surface area contributed by atoms with Gasteiger partial charge in [0.15, 0.2) is 5.16 Å². The number of nitrogens with zero attached hydrogens (tertiary/aromatic N) is 4. The molecule has 0 spiro atoms. The molecule has 0 aliphatic carbocycles. The summed E-state index contributed by atoms with van der Waals surface area (Å²) < 4.78 is 7.35. The zero-order valence-electron chi connectivity index (χ0n) is 13.4. The zero-order chi connectivity index (χ0) is 16.4. The molecule has 0 bridgehead atoms. The minimum absolute atomic E-state index is 0.0699. The van der Waals surface area contributed by atoms with Crippen molar-refractivity contribution in [3.05, 3.63) is 36.7 Å². The van der Waals surface area contributed by atoms with Crippen LogP contribution >= 0.6 is 11.8 Å². The first kappa shape index (κ1) is 15.7. The van der Waals surface area contributed by atoms with Crippen LogP contribution < -0.4 is 0 Å². The summed E-state index contributed by atoms with van der Waals surface area (Å²) in [4.78, 5) is 14.8. The fourth-order valence-corrected chi connectivity index (χ4v) is 4.42. The van der Waals surface area contributed by atoms with Crippen LogP contribution in [0, 0.1) is 0 Å². The number of hydrogen-bond acceptors (Lipinski definition) is 5. The van der Waals surface area contributed by atoms with Crippen molar-refractivity contribution in [3.63, 3.8) is 0 Å². The van der Waals surface area contributed by atoms with E-state index < -0.39 is 0 Å². The summed E-state index contributed by atoms with van der Waals surface area (Å²) in [5.41, 5.74) is 1.01. The Morgan fingerprint density at radius 2 is 1.92 bits per heavy atom. The normalized spacial score (nSPS) is 22.2. The quantitative estimate of drug-likeness (QED) is 0.850. The number of aromatic nitrogens is 3. The molecule has 1 aromatic heterocycles. The summed E-state index contributed by atoms with van der Waals surface area (Å²) in [7, 11) is 0. The van der Waals surface area contributed by atoms with Crippen molar-refractivity contribution in [1.29, 1.82) is 0 Å². The van der Waals surface area contributed by atoms with Crippen molar-refractivity contribution < 1.29 is 9.53 Å². The second-order valence-corrected chi connectivity index (χ2v) is 7.26. The maximum Gasteiger partial charge on any atom is 0.236 e. The summed E-state index contributed by atoms with van der Waals surface area (Å²) >= 11 is 1.52. The molecule has 2 fully saturated rings. The highest BCUT2D eigenvalue weighted by atomic mass is 32.2. The summed E-state index contributed by atoms with van der Waals surface area (Å²) in [6.45, 7) is 2.35.